The van der Waals surface area contributed by atoms with E-state index >= 15 is 0 Å². The Hall–Kier alpha value is -1.77. The van der Waals surface area contributed by atoms with E-state index in [2.05, 4.69) is 48.5 Å². The van der Waals surface area contributed by atoms with E-state index in [1.54, 1.807) is 4.90 Å². The number of carbonyl (C=O) groups is 3. The van der Waals surface area contributed by atoms with Gasteiger partial charge in [0, 0.05) is 24.4 Å². The summed E-state index contributed by atoms with van der Waals surface area (Å²) in [5.74, 6) is -0.142. The van der Waals surface area contributed by atoms with Gasteiger partial charge in [-0.1, -0.05) is 54.0 Å². The van der Waals surface area contributed by atoms with Crippen LogP contribution in [0.2, 0.25) is 0 Å². The second-order valence-corrected chi connectivity index (χ2v) is 17.1. The van der Waals surface area contributed by atoms with Crippen LogP contribution in [0.15, 0.2) is 11.6 Å². The second-order valence-electron chi connectivity index (χ2n) is 17.1. The predicted molar refractivity (Wildman–Crippen MR) is 172 cm³/mol. The van der Waals surface area contributed by atoms with Crippen molar-refractivity contribution < 1.29 is 34.4 Å². The highest BCUT2D eigenvalue weighted by Crippen LogP contribution is 2.75. The Morgan fingerprint density at radius 1 is 0.933 bits per heavy atom. The molecule has 5 aliphatic rings. The number of esters is 1. The molecule has 0 aromatic heterocycles. The summed E-state index contributed by atoms with van der Waals surface area (Å²) < 4.78 is 6.37. The topological polar surface area (TPSA) is 124 Å². The maximum absolute atomic E-state index is 14.9. The minimum Gasteiger partial charge on any atom is -0.481 e. The van der Waals surface area contributed by atoms with Crippen molar-refractivity contribution in [1.82, 2.24) is 4.90 Å². The van der Waals surface area contributed by atoms with Crippen LogP contribution in [-0.2, 0) is 19.1 Å². The molecule has 254 valence electrons. The zero-order valence-corrected chi connectivity index (χ0v) is 28.9. The summed E-state index contributed by atoms with van der Waals surface area (Å²) in [6.45, 7) is 16.3. The van der Waals surface area contributed by atoms with Crippen molar-refractivity contribution in [2.75, 3.05) is 32.8 Å². The Kier molecular flexibility index (Phi) is 9.24. The first-order valence-electron chi connectivity index (χ1n) is 17.6. The third kappa shape index (κ3) is 5.33. The molecule has 0 heterocycles. The molecule has 0 amide bonds. The summed E-state index contributed by atoms with van der Waals surface area (Å²) in [6, 6.07) is 0. The number of carbonyl (C=O) groups excluding carboxylic acids is 2. The first kappa shape index (κ1) is 34.6. The maximum atomic E-state index is 14.9. The maximum Gasteiger partial charge on any atom is 0.320 e. The number of fused-ring (bicyclic) bond motifs is 7. The number of ketones is 1. The van der Waals surface area contributed by atoms with E-state index < -0.39 is 34.8 Å². The Bertz CT molecular complexity index is 1210. The Balaban J connectivity index is 1.59. The van der Waals surface area contributed by atoms with Gasteiger partial charge < -0.3 is 20.1 Å². The van der Waals surface area contributed by atoms with Crippen molar-refractivity contribution in [1.29, 1.82) is 0 Å². The van der Waals surface area contributed by atoms with Crippen LogP contribution in [0.4, 0.5) is 0 Å². The van der Waals surface area contributed by atoms with Crippen LogP contribution < -0.4 is 0 Å². The lowest BCUT2D eigenvalue weighted by atomic mass is 9.33. The van der Waals surface area contributed by atoms with Gasteiger partial charge in [-0.15, -0.1) is 0 Å². The summed E-state index contributed by atoms with van der Waals surface area (Å²) in [4.78, 5) is 42.3. The Morgan fingerprint density at radius 2 is 1.60 bits per heavy atom. The van der Waals surface area contributed by atoms with E-state index in [4.69, 9.17) is 4.74 Å². The van der Waals surface area contributed by atoms with Gasteiger partial charge in [0.25, 0.3) is 0 Å². The van der Waals surface area contributed by atoms with Crippen molar-refractivity contribution in [2.24, 2.45) is 56.7 Å². The van der Waals surface area contributed by atoms with E-state index in [9.17, 15) is 29.7 Å². The fraction of sp³-hybridized carbons (Fsp3) is 0.865. The molecular weight excluding hydrogens is 570 g/mol. The number of aliphatic hydroxyl groups excluding tert-OH is 2. The molecule has 8 nitrogen and oxygen atoms in total. The van der Waals surface area contributed by atoms with Crippen molar-refractivity contribution in [3.63, 3.8) is 0 Å². The molecule has 2 unspecified atom stereocenters. The molecule has 0 radical (unpaired) electrons. The van der Waals surface area contributed by atoms with E-state index in [0.29, 0.717) is 30.6 Å². The van der Waals surface area contributed by atoms with Gasteiger partial charge in [-0.25, -0.2) is 0 Å². The summed E-state index contributed by atoms with van der Waals surface area (Å²) in [6.07, 6.45) is 8.89. The molecule has 4 saturated carbocycles. The first-order chi connectivity index (χ1) is 21.0. The largest absolute Gasteiger partial charge is 0.481 e. The fourth-order valence-corrected chi connectivity index (χ4v) is 12.1. The third-order valence-electron chi connectivity index (χ3n) is 14.8. The van der Waals surface area contributed by atoms with Crippen LogP contribution in [-0.4, -0.2) is 76.9 Å². The number of hydrogen-bond donors (Lipinski definition) is 3. The molecule has 8 heteroatoms. The summed E-state index contributed by atoms with van der Waals surface area (Å²) in [5, 5.41) is 29.0. The second kappa shape index (κ2) is 12.0. The fourth-order valence-electron chi connectivity index (χ4n) is 12.1. The zero-order chi connectivity index (χ0) is 33.2. The molecule has 0 aromatic carbocycles. The molecule has 45 heavy (non-hydrogen) atoms. The average molecular weight is 630 g/mol. The van der Waals surface area contributed by atoms with Crippen molar-refractivity contribution in [2.45, 2.75) is 112 Å². The number of allylic oxidation sites excluding steroid dienone is 2. The number of carboxylic acid groups (broad SMARTS) is 1. The number of aliphatic carboxylic acids is 1. The van der Waals surface area contributed by atoms with Crippen LogP contribution in [0.3, 0.4) is 0 Å². The number of hydrogen-bond acceptors (Lipinski definition) is 7. The quantitative estimate of drug-likeness (QED) is 0.286. The molecule has 5 rings (SSSR count). The Labute approximate surface area is 270 Å². The number of ether oxygens (including phenoxy) is 1. The Morgan fingerprint density at radius 3 is 2.22 bits per heavy atom. The number of rotatable bonds is 9. The summed E-state index contributed by atoms with van der Waals surface area (Å²) in [7, 11) is 0. The highest BCUT2D eigenvalue weighted by molar-refractivity contribution is 5.96. The smallest absolute Gasteiger partial charge is 0.320 e. The SMILES string of the molecule is C[C@H]1[C@H](C)CC[C@]2(C)CC[C@]3(C)C(=CC(=O)[C@@H]4[C@@]5(C)C(OC(=O)CN(CCO)CCO)CCC(C)(CC(=O)O)[C@@H]5CC[C@]43C)[C@H]12. The molecule has 0 saturated heterocycles. The lowest BCUT2D eigenvalue weighted by Crippen LogP contribution is -2.69. The minimum atomic E-state index is -0.830. The average Bonchev–Trinajstić information content (AvgIpc) is 2.94. The molecule has 0 aliphatic heterocycles. The van der Waals surface area contributed by atoms with Gasteiger partial charge in [0.1, 0.15) is 6.10 Å². The molecule has 3 N–H and O–H groups in total. The normalized spacial score (nSPS) is 45.9. The molecule has 11 atom stereocenters. The van der Waals surface area contributed by atoms with Gasteiger partial charge in [0.15, 0.2) is 5.78 Å². The predicted octanol–water partition coefficient (Wildman–Crippen LogP) is 5.50. The van der Waals surface area contributed by atoms with Crippen LogP contribution in [0.25, 0.3) is 0 Å². The number of aliphatic hydroxyl groups is 2. The minimum absolute atomic E-state index is 0.0283. The zero-order valence-electron chi connectivity index (χ0n) is 28.9. The van der Waals surface area contributed by atoms with E-state index in [1.165, 1.54) is 18.4 Å². The van der Waals surface area contributed by atoms with Gasteiger partial charge in [0.05, 0.1) is 26.2 Å². The van der Waals surface area contributed by atoms with Crippen molar-refractivity contribution >= 4 is 17.7 Å². The highest BCUT2D eigenvalue weighted by Gasteiger charge is 2.72. The van der Waals surface area contributed by atoms with Crippen LogP contribution in [0.5, 0.6) is 0 Å². The summed E-state index contributed by atoms with van der Waals surface area (Å²) in [5.41, 5.74) is -0.245. The van der Waals surface area contributed by atoms with E-state index in [-0.39, 0.29) is 67.2 Å². The summed E-state index contributed by atoms with van der Waals surface area (Å²) >= 11 is 0. The molecule has 0 bridgehead atoms. The van der Waals surface area contributed by atoms with Gasteiger partial charge in [-0.3, -0.25) is 19.3 Å². The van der Waals surface area contributed by atoms with Gasteiger partial charge in [0.2, 0.25) is 0 Å². The van der Waals surface area contributed by atoms with Crippen LogP contribution in [0, 0.1) is 56.7 Å². The number of nitrogens with zero attached hydrogens (tertiary/aromatic N) is 1. The van der Waals surface area contributed by atoms with Gasteiger partial charge >= 0.3 is 11.9 Å². The first-order valence-corrected chi connectivity index (χ1v) is 17.6. The van der Waals surface area contributed by atoms with E-state index in [0.717, 1.165) is 25.7 Å². The standard InChI is InChI=1S/C37H59NO7/c1-23-8-11-33(3)14-15-35(5)25(31(33)24(23)2)20-26(41)32-36(35,6)13-9-27-34(4,21-29(42)43)12-10-28(37(27,32)7)45-30(44)22-38(16-18-39)17-19-40/h20,23-24,27-28,31-32,39-40H,8-19,21-22H2,1-7H3,(H,42,43)/t23-,24+,27+,28?,31+,32+,33-,34?,35-,36-,37-/m1/s1. The van der Waals surface area contributed by atoms with E-state index in [1.807, 2.05) is 6.08 Å². The lowest BCUT2D eigenvalue weighted by molar-refractivity contribution is -0.229. The third-order valence-corrected chi connectivity index (χ3v) is 14.8. The van der Waals surface area contributed by atoms with Gasteiger partial charge in [-0.05, 0) is 103 Å². The molecule has 5 aliphatic carbocycles. The molecule has 0 aromatic rings. The highest BCUT2D eigenvalue weighted by atomic mass is 16.5. The van der Waals surface area contributed by atoms with Crippen molar-refractivity contribution in [3.8, 4) is 0 Å². The monoisotopic (exact) mass is 629 g/mol. The molecule has 0 spiro atoms. The van der Waals surface area contributed by atoms with Crippen LogP contribution >= 0.6 is 0 Å². The molecule has 4 fully saturated rings. The number of carboxylic acids is 1. The molecular formula is C37H59NO7. The van der Waals surface area contributed by atoms with Gasteiger partial charge in [-0.2, -0.15) is 0 Å². The van der Waals surface area contributed by atoms with Crippen molar-refractivity contribution in [3.05, 3.63) is 11.6 Å². The lowest BCUT2D eigenvalue weighted by Gasteiger charge is -2.71. The van der Waals surface area contributed by atoms with Crippen LogP contribution in [0.1, 0.15) is 106 Å².